The lowest BCUT2D eigenvalue weighted by Crippen LogP contribution is -2.23. The van der Waals surface area contributed by atoms with Crippen molar-refractivity contribution in [3.05, 3.63) is 65.4 Å². The Hall–Kier alpha value is -4.21. The first-order valence-electron chi connectivity index (χ1n) is 11.1. The number of anilines is 2. The van der Waals surface area contributed by atoms with E-state index in [9.17, 15) is 35.9 Å². The molecule has 2 aromatic heterocycles. The quantitative estimate of drug-likeness (QED) is 0.322. The first-order valence-corrected chi connectivity index (χ1v) is 12.6. The van der Waals surface area contributed by atoms with E-state index in [1.54, 1.807) is 11.9 Å². The van der Waals surface area contributed by atoms with Gasteiger partial charge in [-0.2, -0.15) is 18.3 Å². The SMILES string of the molecule is CCCn1nc(C)cc1CN(C)c1ncc(NS(=O)(=O)c2cccc(F)c2)cc1C(=O)O.O=C(O)C(F)(F)F. The van der Waals surface area contributed by atoms with Crippen molar-refractivity contribution in [3.63, 3.8) is 0 Å². The van der Waals surface area contributed by atoms with Gasteiger partial charge in [-0.05, 0) is 43.7 Å². The molecule has 0 aliphatic rings. The van der Waals surface area contributed by atoms with E-state index in [1.807, 2.05) is 24.6 Å². The molecule has 39 heavy (non-hydrogen) atoms. The lowest BCUT2D eigenvalue weighted by molar-refractivity contribution is -0.192. The maximum atomic E-state index is 13.4. The number of hydrogen-bond donors (Lipinski definition) is 3. The zero-order valence-electron chi connectivity index (χ0n) is 20.9. The van der Waals surface area contributed by atoms with Crippen LogP contribution in [0.2, 0.25) is 0 Å². The molecule has 212 valence electrons. The smallest absolute Gasteiger partial charge is 0.478 e. The van der Waals surface area contributed by atoms with Crippen LogP contribution < -0.4 is 9.62 Å². The van der Waals surface area contributed by atoms with Gasteiger partial charge in [-0.3, -0.25) is 9.40 Å². The van der Waals surface area contributed by atoms with Crippen LogP contribution in [0.5, 0.6) is 0 Å². The molecule has 0 spiro atoms. The molecule has 1 aromatic carbocycles. The second-order valence-corrected chi connectivity index (χ2v) is 9.80. The average molecular weight is 576 g/mol. The number of aromatic nitrogens is 3. The number of aliphatic carboxylic acids is 1. The molecule has 3 rings (SSSR count). The van der Waals surface area contributed by atoms with Gasteiger partial charge in [0, 0.05) is 13.6 Å². The number of sulfonamides is 1. The highest BCUT2D eigenvalue weighted by Gasteiger charge is 2.38. The van der Waals surface area contributed by atoms with Gasteiger partial charge in [0.05, 0.1) is 34.7 Å². The molecule has 0 atom stereocenters. The molecule has 3 aromatic rings. The van der Waals surface area contributed by atoms with Crippen molar-refractivity contribution in [1.29, 1.82) is 0 Å². The number of alkyl halides is 3. The summed E-state index contributed by atoms with van der Waals surface area (Å²) in [5, 5.41) is 21.3. The Kier molecular flexibility index (Phi) is 9.98. The number of halogens is 4. The maximum Gasteiger partial charge on any atom is 0.490 e. The molecule has 0 radical (unpaired) electrons. The van der Waals surface area contributed by atoms with Gasteiger partial charge in [-0.1, -0.05) is 13.0 Å². The fourth-order valence-electron chi connectivity index (χ4n) is 3.27. The molecule has 0 aliphatic heterocycles. The summed E-state index contributed by atoms with van der Waals surface area (Å²) in [5.41, 5.74) is 1.54. The van der Waals surface area contributed by atoms with Gasteiger partial charge in [-0.25, -0.2) is 27.4 Å². The predicted octanol–water partition coefficient (Wildman–Crippen LogP) is 3.90. The van der Waals surface area contributed by atoms with Gasteiger partial charge in [-0.15, -0.1) is 0 Å². The third-order valence-electron chi connectivity index (χ3n) is 4.88. The summed E-state index contributed by atoms with van der Waals surface area (Å²) in [6.07, 6.45) is -2.96. The number of benzene rings is 1. The predicted molar refractivity (Wildman–Crippen MR) is 131 cm³/mol. The number of rotatable bonds is 9. The summed E-state index contributed by atoms with van der Waals surface area (Å²) < 4.78 is 74.3. The first-order chi connectivity index (χ1) is 18.0. The summed E-state index contributed by atoms with van der Waals surface area (Å²) in [4.78, 5) is 26.3. The third-order valence-corrected chi connectivity index (χ3v) is 6.26. The van der Waals surface area contributed by atoms with E-state index < -0.39 is 34.0 Å². The highest BCUT2D eigenvalue weighted by molar-refractivity contribution is 7.92. The van der Waals surface area contributed by atoms with Crippen LogP contribution in [-0.4, -0.2) is 58.6 Å². The van der Waals surface area contributed by atoms with Gasteiger partial charge in [0.2, 0.25) is 0 Å². The van der Waals surface area contributed by atoms with E-state index in [0.717, 1.165) is 36.5 Å². The first kappa shape index (κ1) is 31.0. The molecule has 0 fully saturated rings. The van der Waals surface area contributed by atoms with Gasteiger partial charge in [0.15, 0.2) is 0 Å². The van der Waals surface area contributed by atoms with Crippen LogP contribution in [0.3, 0.4) is 0 Å². The Morgan fingerprint density at radius 1 is 1.15 bits per heavy atom. The summed E-state index contributed by atoms with van der Waals surface area (Å²) in [6, 6.07) is 7.62. The Balaban J connectivity index is 0.000000673. The average Bonchev–Trinajstić information content (AvgIpc) is 3.17. The second kappa shape index (κ2) is 12.6. The zero-order chi connectivity index (χ0) is 29.5. The number of pyridine rings is 1. The van der Waals surface area contributed by atoms with Crippen molar-refractivity contribution in [3.8, 4) is 0 Å². The minimum Gasteiger partial charge on any atom is -0.478 e. The Bertz CT molecular complexity index is 1440. The molecule has 0 bridgehead atoms. The molecule has 11 nitrogen and oxygen atoms in total. The molecule has 0 aliphatic carbocycles. The molecule has 2 heterocycles. The van der Waals surface area contributed by atoms with Gasteiger partial charge >= 0.3 is 18.1 Å². The number of carboxylic acid groups (broad SMARTS) is 2. The Morgan fingerprint density at radius 3 is 2.33 bits per heavy atom. The van der Waals surface area contributed by atoms with E-state index in [0.29, 0.717) is 6.54 Å². The zero-order valence-corrected chi connectivity index (χ0v) is 21.7. The molecular formula is C23H25F4N5O6S. The standard InChI is InChI=1S/C21H24FN5O4S.C2HF3O2/c1-4-8-27-17(9-14(2)24-27)13-26(3)20-19(21(28)29)11-16(12-23-20)25-32(30,31)18-7-5-6-15(22)10-18;3-2(4,5)1(6)7/h5-7,9-12,25H,4,8,13H2,1-3H3,(H,28,29);(H,6,7). The van der Waals surface area contributed by atoms with Crippen molar-refractivity contribution in [1.82, 2.24) is 14.8 Å². The van der Waals surface area contributed by atoms with Crippen LogP contribution in [0.25, 0.3) is 0 Å². The van der Waals surface area contributed by atoms with E-state index >= 15 is 0 Å². The summed E-state index contributed by atoms with van der Waals surface area (Å²) in [6.45, 7) is 5.02. The van der Waals surface area contributed by atoms with Crippen molar-refractivity contribution in [2.75, 3.05) is 16.7 Å². The van der Waals surface area contributed by atoms with Crippen LogP contribution in [0.1, 0.15) is 35.1 Å². The number of carboxylic acids is 2. The third kappa shape index (κ3) is 8.66. The van der Waals surface area contributed by atoms with Crippen molar-refractivity contribution >= 4 is 33.5 Å². The number of hydrogen-bond acceptors (Lipinski definition) is 7. The lowest BCUT2D eigenvalue weighted by Gasteiger charge is -2.21. The Labute approximate surface area is 220 Å². The molecular weight excluding hydrogens is 550 g/mol. The van der Waals surface area contributed by atoms with Crippen LogP contribution in [0.15, 0.2) is 47.5 Å². The molecule has 3 N–H and O–H groups in total. The van der Waals surface area contributed by atoms with E-state index in [1.165, 1.54) is 24.4 Å². The molecule has 0 saturated carbocycles. The lowest BCUT2D eigenvalue weighted by atomic mass is 10.2. The van der Waals surface area contributed by atoms with Crippen molar-refractivity contribution < 1.29 is 45.8 Å². The normalized spacial score (nSPS) is 11.4. The summed E-state index contributed by atoms with van der Waals surface area (Å²) in [7, 11) is -2.42. The second-order valence-electron chi connectivity index (χ2n) is 8.12. The van der Waals surface area contributed by atoms with Crippen LogP contribution in [0, 0.1) is 12.7 Å². The summed E-state index contributed by atoms with van der Waals surface area (Å²) in [5.74, 6) is -4.54. The number of carbonyl (C=O) groups is 2. The fraction of sp³-hybridized carbons (Fsp3) is 0.304. The van der Waals surface area contributed by atoms with Gasteiger partial charge < -0.3 is 15.1 Å². The van der Waals surface area contributed by atoms with E-state index in [-0.39, 0.29) is 22.0 Å². The molecule has 16 heteroatoms. The number of nitrogens with one attached hydrogen (secondary N) is 1. The number of nitrogens with zero attached hydrogens (tertiary/aromatic N) is 4. The largest absolute Gasteiger partial charge is 0.490 e. The number of aromatic carboxylic acids is 1. The monoisotopic (exact) mass is 575 g/mol. The van der Waals surface area contributed by atoms with Crippen LogP contribution in [-0.2, 0) is 27.9 Å². The van der Waals surface area contributed by atoms with Gasteiger partial charge in [0.1, 0.15) is 17.2 Å². The minimum absolute atomic E-state index is 0.0457. The van der Waals surface area contributed by atoms with E-state index in [4.69, 9.17) is 9.90 Å². The highest BCUT2D eigenvalue weighted by Crippen LogP contribution is 2.24. The topological polar surface area (TPSA) is 155 Å². The molecule has 0 amide bonds. The molecule has 0 saturated heterocycles. The maximum absolute atomic E-state index is 13.4. The molecule has 0 unspecified atom stereocenters. The van der Waals surface area contributed by atoms with Crippen molar-refractivity contribution in [2.24, 2.45) is 0 Å². The van der Waals surface area contributed by atoms with Crippen molar-refractivity contribution in [2.45, 2.75) is 44.4 Å². The van der Waals surface area contributed by atoms with E-state index in [2.05, 4.69) is 14.8 Å². The Morgan fingerprint density at radius 2 is 1.79 bits per heavy atom. The minimum atomic E-state index is -5.08. The van der Waals surface area contributed by atoms with Crippen LogP contribution in [0.4, 0.5) is 29.1 Å². The fourth-order valence-corrected chi connectivity index (χ4v) is 4.34. The highest BCUT2D eigenvalue weighted by atomic mass is 32.2. The van der Waals surface area contributed by atoms with Crippen LogP contribution >= 0.6 is 0 Å². The summed E-state index contributed by atoms with van der Waals surface area (Å²) >= 11 is 0. The van der Waals surface area contributed by atoms with Gasteiger partial charge in [0.25, 0.3) is 10.0 Å². The number of aryl methyl sites for hydroxylation is 2.